The maximum absolute atomic E-state index is 11.7. The first kappa shape index (κ1) is 16.1. The smallest absolute Gasteiger partial charge is 0.310 e. The molecular weight excluding hydrogens is 312 g/mol. The van der Waals surface area contributed by atoms with Gasteiger partial charge < -0.3 is 5.32 Å². The van der Waals surface area contributed by atoms with Crippen LogP contribution < -0.4 is 5.32 Å². The maximum atomic E-state index is 11.7. The average molecular weight is 330 g/mol. The van der Waals surface area contributed by atoms with Crippen molar-refractivity contribution in [2.24, 2.45) is 0 Å². The zero-order valence-electron chi connectivity index (χ0n) is 12.0. The van der Waals surface area contributed by atoms with Crippen molar-refractivity contribution in [3.8, 4) is 0 Å². The molecule has 1 fully saturated rings. The zero-order valence-corrected chi connectivity index (χ0v) is 13.6. The predicted molar refractivity (Wildman–Crippen MR) is 84.8 cm³/mol. The highest BCUT2D eigenvalue weighted by molar-refractivity contribution is 8.00. The van der Waals surface area contributed by atoms with Crippen molar-refractivity contribution in [2.75, 3.05) is 23.9 Å². The van der Waals surface area contributed by atoms with Crippen molar-refractivity contribution >= 4 is 33.0 Å². The summed E-state index contributed by atoms with van der Waals surface area (Å²) in [7, 11) is -3.64. The third-order valence-electron chi connectivity index (χ3n) is 3.53. The Labute approximate surface area is 128 Å². The number of hydrogen-bond donors (Lipinski definition) is 1. The van der Waals surface area contributed by atoms with Crippen molar-refractivity contribution in [3.05, 3.63) is 28.3 Å². The van der Waals surface area contributed by atoms with Crippen LogP contribution in [0.3, 0.4) is 0 Å². The summed E-state index contributed by atoms with van der Waals surface area (Å²) in [5.41, 5.74) is -0.108. The molecule has 2 rings (SSSR count). The highest BCUT2D eigenvalue weighted by Gasteiger charge is 2.31. The molecule has 0 saturated carbocycles. The van der Waals surface area contributed by atoms with Crippen molar-refractivity contribution < 1.29 is 13.3 Å². The summed E-state index contributed by atoms with van der Waals surface area (Å²) in [6.07, 6.45) is 3.16. The first-order valence-corrected chi connectivity index (χ1v) is 9.46. The SMILES string of the molecule is CC1(CNc2cccc(S(C)(=O)=O)c2[N+](=O)[O-])CCCS1. The number of hydrogen-bond acceptors (Lipinski definition) is 6. The molecule has 0 radical (unpaired) electrons. The Balaban J connectivity index is 2.33. The second-order valence-electron chi connectivity index (χ2n) is 5.44. The predicted octanol–water partition coefficient (Wildman–Crippen LogP) is 2.70. The molecule has 6 nitrogen and oxygen atoms in total. The quantitative estimate of drug-likeness (QED) is 0.659. The van der Waals surface area contributed by atoms with Crippen LogP contribution in [0.25, 0.3) is 0 Å². The first-order chi connectivity index (χ1) is 9.73. The van der Waals surface area contributed by atoms with Crippen LogP contribution in [0.2, 0.25) is 0 Å². The lowest BCUT2D eigenvalue weighted by molar-refractivity contribution is -0.386. The Hall–Kier alpha value is -1.28. The molecule has 8 heteroatoms. The third kappa shape index (κ3) is 3.68. The van der Waals surface area contributed by atoms with E-state index in [2.05, 4.69) is 12.2 Å². The fourth-order valence-electron chi connectivity index (χ4n) is 2.41. The number of nitrogens with one attached hydrogen (secondary N) is 1. The molecule has 1 saturated heterocycles. The normalized spacial score (nSPS) is 22.2. The summed E-state index contributed by atoms with van der Waals surface area (Å²) >= 11 is 1.84. The van der Waals surface area contributed by atoms with Gasteiger partial charge in [-0.1, -0.05) is 6.07 Å². The molecule has 0 spiro atoms. The highest BCUT2D eigenvalue weighted by atomic mass is 32.2. The van der Waals surface area contributed by atoms with E-state index in [1.54, 1.807) is 6.07 Å². The summed E-state index contributed by atoms with van der Waals surface area (Å²) in [5.74, 6) is 1.09. The van der Waals surface area contributed by atoms with Gasteiger partial charge in [0.2, 0.25) is 0 Å². The molecule has 0 amide bonds. The van der Waals surface area contributed by atoms with E-state index in [-0.39, 0.29) is 21.0 Å². The van der Waals surface area contributed by atoms with E-state index in [0.717, 1.165) is 24.9 Å². The third-order valence-corrected chi connectivity index (χ3v) is 6.20. The zero-order chi connectivity index (χ0) is 15.7. The molecular formula is C13H18N2O4S2. The minimum absolute atomic E-state index is 0.0367. The van der Waals surface area contributed by atoms with Crippen molar-refractivity contribution in [3.63, 3.8) is 0 Å². The lowest BCUT2D eigenvalue weighted by Gasteiger charge is -2.23. The van der Waals surface area contributed by atoms with Crippen LogP contribution in [0.5, 0.6) is 0 Å². The molecule has 1 unspecified atom stereocenters. The Morgan fingerprint density at radius 1 is 1.48 bits per heavy atom. The molecule has 1 aliphatic rings. The van der Waals surface area contributed by atoms with E-state index in [0.29, 0.717) is 6.54 Å². The Morgan fingerprint density at radius 3 is 2.71 bits per heavy atom. The molecule has 0 bridgehead atoms. The van der Waals surface area contributed by atoms with Gasteiger partial charge in [0.1, 0.15) is 10.6 Å². The van der Waals surface area contributed by atoms with Crippen LogP contribution in [-0.2, 0) is 9.84 Å². The van der Waals surface area contributed by atoms with Crippen LogP contribution in [0.1, 0.15) is 19.8 Å². The van der Waals surface area contributed by atoms with Gasteiger partial charge in [0.25, 0.3) is 0 Å². The largest absolute Gasteiger partial charge is 0.378 e. The van der Waals surface area contributed by atoms with Crippen molar-refractivity contribution in [1.29, 1.82) is 0 Å². The van der Waals surface area contributed by atoms with Crippen molar-refractivity contribution in [1.82, 2.24) is 0 Å². The Bertz CT molecular complexity index is 652. The van der Waals surface area contributed by atoms with Crippen LogP contribution in [0.4, 0.5) is 11.4 Å². The number of para-hydroxylation sites is 1. The summed E-state index contributed by atoms with van der Waals surface area (Å²) < 4.78 is 23.4. The minimum Gasteiger partial charge on any atom is -0.378 e. The topological polar surface area (TPSA) is 89.3 Å². The number of nitrogens with zero attached hydrogens (tertiary/aromatic N) is 1. The molecule has 1 N–H and O–H groups in total. The second kappa shape index (κ2) is 5.84. The monoisotopic (exact) mass is 330 g/mol. The number of rotatable bonds is 5. The Morgan fingerprint density at radius 2 is 2.19 bits per heavy atom. The van der Waals surface area contributed by atoms with Gasteiger partial charge in [0, 0.05) is 17.5 Å². The molecule has 1 aromatic carbocycles. The van der Waals surface area contributed by atoms with E-state index in [4.69, 9.17) is 0 Å². The molecule has 1 atom stereocenters. The van der Waals surface area contributed by atoms with E-state index in [9.17, 15) is 18.5 Å². The minimum atomic E-state index is -3.64. The fraction of sp³-hybridized carbons (Fsp3) is 0.538. The summed E-state index contributed by atoms with van der Waals surface area (Å²) in [5, 5.41) is 14.3. The molecule has 1 aromatic rings. The number of nitro benzene ring substituents is 1. The summed E-state index contributed by atoms with van der Waals surface area (Å²) in [6.45, 7) is 2.69. The molecule has 1 aliphatic heterocycles. The van der Waals surface area contributed by atoms with E-state index < -0.39 is 14.8 Å². The fourth-order valence-corrected chi connectivity index (χ4v) is 4.52. The lowest BCUT2D eigenvalue weighted by atomic mass is 10.1. The van der Waals surface area contributed by atoms with Crippen LogP contribution in [-0.4, -0.2) is 36.6 Å². The molecule has 21 heavy (non-hydrogen) atoms. The van der Waals surface area contributed by atoms with E-state index >= 15 is 0 Å². The molecule has 0 aromatic heterocycles. The lowest BCUT2D eigenvalue weighted by Crippen LogP contribution is -2.27. The van der Waals surface area contributed by atoms with Crippen LogP contribution in [0, 0.1) is 10.1 Å². The van der Waals surface area contributed by atoms with Gasteiger partial charge in [-0.15, -0.1) is 0 Å². The Kier molecular flexibility index (Phi) is 4.48. The molecule has 0 aliphatic carbocycles. The van der Waals surface area contributed by atoms with Gasteiger partial charge in [0.05, 0.1) is 4.92 Å². The van der Waals surface area contributed by atoms with Gasteiger partial charge in [0.15, 0.2) is 9.84 Å². The first-order valence-electron chi connectivity index (χ1n) is 6.58. The van der Waals surface area contributed by atoms with Crippen LogP contribution >= 0.6 is 11.8 Å². The standard InChI is InChI=1S/C13H18N2O4S2/c1-13(7-4-8-20-13)9-14-10-5-3-6-11(21(2,18)19)12(10)15(16)17/h3,5-6,14H,4,7-9H2,1-2H3. The number of thioether (sulfide) groups is 1. The summed E-state index contributed by atoms with van der Waals surface area (Å²) in [6, 6.07) is 4.34. The van der Waals surface area contributed by atoms with Gasteiger partial charge in [-0.05, 0) is 37.7 Å². The van der Waals surface area contributed by atoms with Gasteiger partial charge in [-0.3, -0.25) is 10.1 Å². The average Bonchev–Trinajstić information content (AvgIpc) is 2.82. The van der Waals surface area contributed by atoms with E-state index in [1.165, 1.54) is 12.1 Å². The molecule has 116 valence electrons. The van der Waals surface area contributed by atoms with Gasteiger partial charge in [-0.25, -0.2) is 8.42 Å². The van der Waals surface area contributed by atoms with Crippen molar-refractivity contribution in [2.45, 2.75) is 29.4 Å². The van der Waals surface area contributed by atoms with Crippen LogP contribution in [0.15, 0.2) is 23.1 Å². The summed E-state index contributed by atoms with van der Waals surface area (Å²) in [4.78, 5) is 10.4. The van der Waals surface area contributed by atoms with Gasteiger partial charge in [-0.2, -0.15) is 11.8 Å². The number of nitro groups is 1. The number of sulfone groups is 1. The number of anilines is 1. The van der Waals surface area contributed by atoms with E-state index in [1.807, 2.05) is 11.8 Å². The number of benzene rings is 1. The maximum Gasteiger partial charge on any atom is 0.310 e. The second-order valence-corrected chi connectivity index (χ2v) is 9.10. The highest BCUT2D eigenvalue weighted by Crippen LogP contribution is 2.39. The molecule has 1 heterocycles. The van der Waals surface area contributed by atoms with Gasteiger partial charge >= 0.3 is 5.69 Å².